The molecule has 3 aliphatic rings. The summed E-state index contributed by atoms with van der Waals surface area (Å²) in [7, 11) is -3.44. The van der Waals surface area contributed by atoms with Crippen LogP contribution in [0, 0.1) is 5.92 Å². The molecule has 1 amide bonds. The Bertz CT molecular complexity index is 794. The number of carbonyl (C=O) groups is 2. The summed E-state index contributed by atoms with van der Waals surface area (Å²) in [4.78, 5) is 26.1. The molecule has 9 heteroatoms. The van der Waals surface area contributed by atoms with Gasteiger partial charge in [-0.25, -0.2) is 13.2 Å². The van der Waals surface area contributed by atoms with Gasteiger partial charge in [-0.1, -0.05) is 19.3 Å². The number of carbonyl (C=O) groups excluding carboxylic acids is 2. The molecule has 3 rings (SSSR count). The minimum Gasteiger partial charge on any atom is -0.449 e. The van der Waals surface area contributed by atoms with Crippen molar-refractivity contribution in [2.24, 2.45) is 10.3 Å². The van der Waals surface area contributed by atoms with Crippen LogP contribution in [-0.2, 0) is 24.3 Å². The third-order valence-electron chi connectivity index (χ3n) is 5.00. The lowest BCUT2D eigenvalue weighted by atomic mass is 9.89. The summed E-state index contributed by atoms with van der Waals surface area (Å²) >= 11 is 0. The van der Waals surface area contributed by atoms with Crippen molar-refractivity contribution in [3.8, 4) is 0 Å². The fourth-order valence-electron chi connectivity index (χ4n) is 3.38. The van der Waals surface area contributed by atoms with Crippen molar-refractivity contribution >= 4 is 27.7 Å². The molecule has 8 nitrogen and oxygen atoms in total. The highest BCUT2D eigenvalue weighted by Crippen LogP contribution is 2.23. The molecule has 0 radical (unpaired) electrons. The van der Waals surface area contributed by atoms with Gasteiger partial charge in [0.05, 0.1) is 11.3 Å². The number of ether oxygens (including phenoxy) is 1. The number of nitrogens with zero attached hydrogens (tertiary/aromatic N) is 2. The standard InChI is InChI=1S/C18H25N3O5S/c1-13(17(22)19-11-14-5-3-2-4-6-14)26-18(23)15-7-8-16-20-27(24,25)10-9-21(16)12-15/h7-8,12-14H,2-6,9-11H2,1H3,(H,19,22). The van der Waals surface area contributed by atoms with Crippen LogP contribution in [0.1, 0.15) is 39.0 Å². The lowest BCUT2D eigenvalue weighted by Gasteiger charge is -2.27. The van der Waals surface area contributed by atoms with Crippen molar-refractivity contribution in [1.29, 1.82) is 0 Å². The Morgan fingerprint density at radius 1 is 1.30 bits per heavy atom. The van der Waals surface area contributed by atoms with Crippen LogP contribution < -0.4 is 5.32 Å². The monoisotopic (exact) mass is 395 g/mol. The summed E-state index contributed by atoms with van der Waals surface area (Å²) in [6, 6.07) is 0. The van der Waals surface area contributed by atoms with Crippen LogP contribution in [0.2, 0.25) is 0 Å². The van der Waals surface area contributed by atoms with E-state index in [1.807, 2.05) is 0 Å². The highest BCUT2D eigenvalue weighted by Gasteiger charge is 2.27. The number of nitrogens with one attached hydrogen (secondary N) is 1. The molecule has 0 aromatic rings. The molecular weight excluding hydrogens is 370 g/mol. The molecule has 0 spiro atoms. The Labute approximate surface area is 159 Å². The Hall–Kier alpha value is -2.16. The van der Waals surface area contributed by atoms with Gasteiger partial charge in [0, 0.05) is 19.3 Å². The third-order valence-corrected chi connectivity index (χ3v) is 6.17. The first kappa shape index (κ1) is 19.6. The molecule has 0 aromatic heterocycles. The van der Waals surface area contributed by atoms with Crippen molar-refractivity contribution in [3.05, 3.63) is 23.9 Å². The molecule has 0 aromatic carbocycles. The molecule has 2 aliphatic heterocycles. The second-order valence-corrected chi connectivity index (χ2v) is 8.90. The van der Waals surface area contributed by atoms with Crippen LogP contribution in [0.4, 0.5) is 0 Å². The fourth-order valence-corrected chi connectivity index (χ4v) is 4.35. The van der Waals surface area contributed by atoms with Crippen molar-refractivity contribution < 1.29 is 22.7 Å². The highest BCUT2D eigenvalue weighted by atomic mass is 32.2. The lowest BCUT2D eigenvalue weighted by molar-refractivity contribution is -0.151. The second kappa shape index (κ2) is 8.24. The minimum atomic E-state index is -3.44. The topological polar surface area (TPSA) is 105 Å². The average Bonchev–Trinajstić information content (AvgIpc) is 2.65. The largest absolute Gasteiger partial charge is 0.449 e. The summed E-state index contributed by atoms with van der Waals surface area (Å²) in [5.74, 6) is -0.262. The minimum absolute atomic E-state index is 0.108. The molecular formula is C18H25N3O5S. The lowest BCUT2D eigenvalue weighted by Crippen LogP contribution is -2.40. The molecule has 0 saturated heterocycles. The van der Waals surface area contributed by atoms with E-state index in [-0.39, 0.29) is 29.6 Å². The normalized spacial score (nSPS) is 22.9. The van der Waals surface area contributed by atoms with Crippen LogP contribution in [0.25, 0.3) is 0 Å². The van der Waals surface area contributed by atoms with E-state index in [0.717, 1.165) is 12.8 Å². The molecule has 1 aliphatic carbocycles. The maximum atomic E-state index is 12.3. The van der Waals surface area contributed by atoms with E-state index in [1.54, 1.807) is 11.8 Å². The zero-order valence-electron chi connectivity index (χ0n) is 15.4. The van der Waals surface area contributed by atoms with Gasteiger partial charge in [0.2, 0.25) is 0 Å². The van der Waals surface area contributed by atoms with E-state index in [2.05, 4.69) is 9.71 Å². The molecule has 1 fully saturated rings. The van der Waals surface area contributed by atoms with E-state index < -0.39 is 22.1 Å². The molecule has 27 heavy (non-hydrogen) atoms. The summed E-state index contributed by atoms with van der Waals surface area (Å²) < 4.78 is 31.9. The summed E-state index contributed by atoms with van der Waals surface area (Å²) in [5.41, 5.74) is 0.250. The van der Waals surface area contributed by atoms with Gasteiger partial charge in [0.25, 0.3) is 15.9 Å². The van der Waals surface area contributed by atoms with Crippen molar-refractivity contribution in [2.45, 2.75) is 45.1 Å². The van der Waals surface area contributed by atoms with Crippen LogP contribution in [0.5, 0.6) is 0 Å². The van der Waals surface area contributed by atoms with Crippen LogP contribution in [-0.4, -0.2) is 56.0 Å². The predicted octanol–water partition coefficient (Wildman–Crippen LogP) is 1.11. The van der Waals surface area contributed by atoms with Crippen LogP contribution >= 0.6 is 0 Å². The number of rotatable bonds is 5. The highest BCUT2D eigenvalue weighted by molar-refractivity contribution is 7.90. The fraction of sp³-hybridized carbons (Fsp3) is 0.611. The summed E-state index contributed by atoms with van der Waals surface area (Å²) in [6.45, 7) is 2.38. The molecule has 1 atom stereocenters. The third kappa shape index (κ3) is 5.18. The maximum absolute atomic E-state index is 12.3. The van der Waals surface area contributed by atoms with Gasteiger partial charge in [-0.2, -0.15) is 0 Å². The number of amidine groups is 1. The van der Waals surface area contributed by atoms with E-state index in [9.17, 15) is 18.0 Å². The summed E-state index contributed by atoms with van der Waals surface area (Å²) in [5, 5.41) is 2.86. The molecule has 148 valence electrons. The smallest absolute Gasteiger partial charge is 0.340 e. The van der Waals surface area contributed by atoms with Crippen molar-refractivity contribution in [3.63, 3.8) is 0 Å². The van der Waals surface area contributed by atoms with E-state index in [0.29, 0.717) is 12.5 Å². The quantitative estimate of drug-likeness (QED) is 0.699. The second-order valence-electron chi connectivity index (χ2n) is 7.14. The molecule has 1 saturated carbocycles. The molecule has 1 N–H and O–H groups in total. The SMILES string of the molecule is CC(OC(=O)C1=CN2CCS(=O)(=O)N=C2C=C1)C(=O)NCC1CCCCC1. The van der Waals surface area contributed by atoms with Crippen LogP contribution in [0.15, 0.2) is 28.3 Å². The number of fused-ring (bicyclic) bond motifs is 1. The molecule has 0 bridgehead atoms. The van der Waals surface area contributed by atoms with Gasteiger partial charge in [-0.05, 0) is 37.8 Å². The molecule has 1 unspecified atom stereocenters. The van der Waals surface area contributed by atoms with Gasteiger partial charge in [-0.3, -0.25) is 4.79 Å². The Morgan fingerprint density at radius 2 is 2.04 bits per heavy atom. The number of hydrogen-bond donors (Lipinski definition) is 1. The predicted molar refractivity (Wildman–Crippen MR) is 100 cm³/mol. The maximum Gasteiger partial charge on any atom is 0.340 e. The van der Waals surface area contributed by atoms with Gasteiger partial charge in [0.15, 0.2) is 6.10 Å². The van der Waals surface area contributed by atoms with Gasteiger partial charge < -0.3 is 15.0 Å². The van der Waals surface area contributed by atoms with Crippen molar-refractivity contribution in [2.75, 3.05) is 18.8 Å². The first-order valence-corrected chi connectivity index (χ1v) is 10.9. The number of sulfonamides is 1. The van der Waals surface area contributed by atoms with Gasteiger partial charge >= 0.3 is 5.97 Å². The van der Waals surface area contributed by atoms with E-state index >= 15 is 0 Å². The first-order chi connectivity index (χ1) is 12.8. The Kier molecular flexibility index (Phi) is 5.98. The average molecular weight is 395 g/mol. The first-order valence-electron chi connectivity index (χ1n) is 9.32. The Morgan fingerprint density at radius 3 is 2.78 bits per heavy atom. The number of esters is 1. The van der Waals surface area contributed by atoms with Crippen LogP contribution in [0.3, 0.4) is 0 Å². The van der Waals surface area contributed by atoms with Gasteiger partial charge in [-0.15, -0.1) is 4.40 Å². The van der Waals surface area contributed by atoms with E-state index in [4.69, 9.17) is 4.74 Å². The summed E-state index contributed by atoms with van der Waals surface area (Å²) in [6.07, 6.45) is 9.43. The van der Waals surface area contributed by atoms with Gasteiger partial charge in [0.1, 0.15) is 5.84 Å². The number of amides is 1. The zero-order valence-corrected chi connectivity index (χ0v) is 16.2. The molecule has 2 heterocycles. The number of hydrogen-bond acceptors (Lipinski definition) is 6. The van der Waals surface area contributed by atoms with Crippen molar-refractivity contribution in [1.82, 2.24) is 10.2 Å². The zero-order chi connectivity index (χ0) is 19.4. The van der Waals surface area contributed by atoms with E-state index in [1.165, 1.54) is 37.6 Å². The Balaban J connectivity index is 1.52.